The Morgan fingerprint density at radius 3 is 1.43 bits per heavy atom. The van der Waals surface area contributed by atoms with Gasteiger partial charge in [0.05, 0.1) is 0 Å². The summed E-state index contributed by atoms with van der Waals surface area (Å²) in [5.74, 6) is 0.820. The Labute approximate surface area is 165 Å². The van der Waals surface area contributed by atoms with Crippen LogP contribution in [0.3, 0.4) is 0 Å². The molecule has 0 aromatic heterocycles. The average molecular weight is 362 g/mol. The van der Waals surface area contributed by atoms with Gasteiger partial charge in [-0.3, -0.25) is 0 Å². The molecule has 0 amide bonds. The highest BCUT2D eigenvalue weighted by molar-refractivity contribution is 5.60. The molecule has 7 rings (SSSR count). The lowest BCUT2D eigenvalue weighted by Crippen LogP contribution is -2.52. The molecule has 1 heteroatoms. The van der Waals surface area contributed by atoms with E-state index in [0.717, 1.165) is 0 Å². The number of ether oxygens (including phenoxy) is 1. The zero-order chi connectivity index (χ0) is 18.4. The van der Waals surface area contributed by atoms with Crippen molar-refractivity contribution in [2.45, 2.75) is 24.0 Å². The molecule has 3 aliphatic carbocycles. The van der Waals surface area contributed by atoms with E-state index < -0.39 is 11.2 Å². The Kier molecular flexibility index (Phi) is 2.65. The summed E-state index contributed by atoms with van der Waals surface area (Å²) in [6.45, 7) is 0. The molecule has 0 saturated heterocycles. The molecule has 1 nitrogen and oxygen atoms in total. The number of hydrogen-bond donors (Lipinski definition) is 0. The monoisotopic (exact) mass is 362 g/mol. The maximum absolute atomic E-state index is 7.42. The number of benzene rings is 3. The van der Waals surface area contributed by atoms with E-state index in [-0.39, 0.29) is 0 Å². The van der Waals surface area contributed by atoms with Crippen LogP contribution in [0.4, 0.5) is 0 Å². The van der Waals surface area contributed by atoms with Crippen LogP contribution in [-0.2, 0) is 15.9 Å². The maximum atomic E-state index is 7.42. The Bertz CT molecular complexity index is 1030. The highest BCUT2D eigenvalue weighted by Crippen LogP contribution is 2.79. The van der Waals surface area contributed by atoms with Crippen molar-refractivity contribution in [1.82, 2.24) is 0 Å². The first-order valence-electron chi connectivity index (χ1n) is 10.4. The number of fused-ring (bicyclic) bond motifs is 2. The van der Waals surface area contributed by atoms with Crippen LogP contribution < -0.4 is 0 Å². The van der Waals surface area contributed by atoms with Crippen molar-refractivity contribution in [2.75, 3.05) is 0 Å². The molecule has 3 aromatic rings. The van der Waals surface area contributed by atoms with E-state index >= 15 is 0 Å². The predicted molar refractivity (Wildman–Crippen MR) is 110 cm³/mol. The van der Waals surface area contributed by atoms with Gasteiger partial charge in [0.15, 0.2) is 0 Å². The first-order chi connectivity index (χ1) is 13.8. The third-order valence-corrected chi connectivity index (χ3v) is 7.89. The van der Waals surface area contributed by atoms with Crippen molar-refractivity contribution in [1.29, 1.82) is 0 Å². The van der Waals surface area contributed by atoms with E-state index in [1.165, 1.54) is 35.1 Å². The van der Waals surface area contributed by atoms with E-state index in [2.05, 4.69) is 97.1 Å². The standard InChI is InChI=1S/C27H22O/c1-3-9-19(10-4-1)26-21-13-7-8-14-22(21)27(28-26,20-11-5-2-6-12-20)24-16-15-23(26)25(24)17-18-25/h1-16,23-24H,17-18H2. The second-order valence-electron chi connectivity index (χ2n) is 8.92. The Morgan fingerprint density at radius 1 is 0.571 bits per heavy atom. The Hall–Kier alpha value is -2.64. The van der Waals surface area contributed by atoms with Crippen LogP contribution in [0.1, 0.15) is 35.1 Å². The van der Waals surface area contributed by atoms with Gasteiger partial charge in [0.25, 0.3) is 0 Å². The quantitative estimate of drug-likeness (QED) is 0.524. The van der Waals surface area contributed by atoms with Gasteiger partial charge in [0.2, 0.25) is 0 Å². The Morgan fingerprint density at radius 2 is 1.00 bits per heavy atom. The van der Waals surface area contributed by atoms with Crippen LogP contribution >= 0.6 is 0 Å². The lowest BCUT2D eigenvalue weighted by atomic mass is 9.65. The van der Waals surface area contributed by atoms with Gasteiger partial charge in [-0.05, 0) is 40.5 Å². The zero-order valence-corrected chi connectivity index (χ0v) is 15.7. The zero-order valence-electron chi connectivity index (χ0n) is 15.7. The highest BCUT2D eigenvalue weighted by Gasteiger charge is 2.77. The summed E-state index contributed by atoms with van der Waals surface area (Å²) >= 11 is 0. The van der Waals surface area contributed by atoms with Crippen molar-refractivity contribution in [3.63, 3.8) is 0 Å². The molecule has 0 radical (unpaired) electrons. The fraction of sp³-hybridized carbons (Fsp3) is 0.259. The van der Waals surface area contributed by atoms with Crippen LogP contribution in [0.5, 0.6) is 0 Å². The van der Waals surface area contributed by atoms with E-state index in [9.17, 15) is 0 Å². The molecular weight excluding hydrogens is 340 g/mol. The van der Waals surface area contributed by atoms with Crippen molar-refractivity contribution in [3.05, 3.63) is 119 Å². The molecular formula is C27H22O. The largest absolute Gasteiger partial charge is 0.348 e. The second kappa shape index (κ2) is 4.85. The van der Waals surface area contributed by atoms with Gasteiger partial charge in [-0.1, -0.05) is 97.1 Å². The van der Waals surface area contributed by atoms with Crippen LogP contribution in [0.25, 0.3) is 0 Å². The molecule has 28 heavy (non-hydrogen) atoms. The van der Waals surface area contributed by atoms with E-state index in [0.29, 0.717) is 17.3 Å². The van der Waals surface area contributed by atoms with Crippen molar-refractivity contribution < 1.29 is 4.74 Å². The molecule has 0 N–H and O–H groups in total. The maximum Gasteiger partial charge on any atom is 0.127 e. The minimum atomic E-state index is -0.395. The lowest BCUT2D eigenvalue weighted by molar-refractivity contribution is -0.199. The molecule has 4 unspecified atom stereocenters. The average Bonchev–Trinajstić information content (AvgIpc) is 3.40. The molecule has 1 spiro atoms. The van der Waals surface area contributed by atoms with E-state index in [1.54, 1.807) is 0 Å². The van der Waals surface area contributed by atoms with Gasteiger partial charge in [-0.2, -0.15) is 0 Å². The SMILES string of the molecule is C1=CC2C3(c4ccccc4)OC(c4ccccc4)(c4ccccc43)C1C21CC1. The molecule has 1 heterocycles. The molecule has 3 aromatic carbocycles. The molecule has 1 saturated carbocycles. The first kappa shape index (κ1) is 15.3. The summed E-state index contributed by atoms with van der Waals surface area (Å²) < 4.78 is 7.42. The Balaban J connectivity index is 1.63. The minimum absolute atomic E-state index is 0.336. The number of hydrogen-bond acceptors (Lipinski definition) is 1. The summed E-state index contributed by atoms with van der Waals surface area (Å²) in [6.07, 6.45) is 7.59. The molecule has 4 atom stereocenters. The molecule has 4 aliphatic rings. The fourth-order valence-electron chi connectivity index (χ4n) is 6.76. The van der Waals surface area contributed by atoms with Gasteiger partial charge in [-0.25, -0.2) is 0 Å². The topological polar surface area (TPSA) is 9.23 Å². The van der Waals surface area contributed by atoms with Crippen molar-refractivity contribution in [2.24, 2.45) is 17.3 Å². The van der Waals surface area contributed by atoms with E-state index in [1.807, 2.05) is 0 Å². The second-order valence-corrected chi connectivity index (χ2v) is 8.92. The molecule has 4 bridgehead atoms. The molecule has 1 aliphatic heterocycles. The van der Waals surface area contributed by atoms with Gasteiger partial charge in [0.1, 0.15) is 11.2 Å². The molecule has 136 valence electrons. The third-order valence-electron chi connectivity index (χ3n) is 7.89. The first-order valence-corrected chi connectivity index (χ1v) is 10.4. The summed E-state index contributed by atoms with van der Waals surface area (Å²) in [6, 6.07) is 30.9. The normalized spacial score (nSPS) is 35.1. The predicted octanol–water partition coefficient (Wildman–Crippen LogP) is 5.80. The van der Waals surface area contributed by atoms with Crippen molar-refractivity contribution in [3.8, 4) is 0 Å². The summed E-state index contributed by atoms with van der Waals surface area (Å²) in [7, 11) is 0. The van der Waals surface area contributed by atoms with Gasteiger partial charge in [0, 0.05) is 11.8 Å². The van der Waals surface area contributed by atoms with E-state index in [4.69, 9.17) is 4.74 Å². The summed E-state index contributed by atoms with van der Waals surface area (Å²) in [5, 5.41) is 0. The van der Waals surface area contributed by atoms with Gasteiger partial charge in [-0.15, -0.1) is 0 Å². The van der Waals surface area contributed by atoms with Gasteiger partial charge >= 0.3 is 0 Å². The number of rotatable bonds is 2. The van der Waals surface area contributed by atoms with Crippen LogP contribution in [0.15, 0.2) is 97.1 Å². The minimum Gasteiger partial charge on any atom is -0.348 e. The fourth-order valence-corrected chi connectivity index (χ4v) is 6.76. The van der Waals surface area contributed by atoms with Gasteiger partial charge < -0.3 is 4.74 Å². The lowest BCUT2D eigenvalue weighted by Gasteiger charge is -2.51. The van der Waals surface area contributed by atoms with Crippen LogP contribution in [0.2, 0.25) is 0 Å². The smallest absolute Gasteiger partial charge is 0.127 e. The third kappa shape index (κ3) is 1.50. The summed E-state index contributed by atoms with van der Waals surface area (Å²) in [5.41, 5.74) is 4.87. The molecule has 1 fully saturated rings. The van der Waals surface area contributed by atoms with Crippen molar-refractivity contribution >= 4 is 0 Å². The summed E-state index contributed by atoms with van der Waals surface area (Å²) in [4.78, 5) is 0. The van der Waals surface area contributed by atoms with Crippen LogP contribution in [-0.4, -0.2) is 0 Å². The highest BCUT2D eigenvalue weighted by atomic mass is 16.5. The van der Waals surface area contributed by atoms with Crippen LogP contribution in [0, 0.1) is 17.3 Å².